The van der Waals surface area contributed by atoms with Crippen LogP contribution in [0.15, 0.2) is 6.07 Å². The summed E-state index contributed by atoms with van der Waals surface area (Å²) < 4.78 is 0. The Morgan fingerprint density at radius 3 is 2.47 bits per heavy atom. The third kappa shape index (κ3) is 4.85. The second kappa shape index (κ2) is 6.50. The quantitative estimate of drug-likeness (QED) is 0.858. The molecule has 1 aromatic rings. The molecule has 0 radical (unpaired) electrons. The van der Waals surface area contributed by atoms with E-state index in [-0.39, 0.29) is 5.91 Å². The number of hydrogen-bond donors (Lipinski definition) is 2. The summed E-state index contributed by atoms with van der Waals surface area (Å²) in [5.41, 5.74) is 0.506. The summed E-state index contributed by atoms with van der Waals surface area (Å²) in [4.78, 5) is 20.7. The van der Waals surface area contributed by atoms with Gasteiger partial charge < -0.3 is 10.6 Å². The Bertz CT molecular complexity index is 413. The van der Waals surface area contributed by atoms with Gasteiger partial charge in [-0.15, -0.1) is 0 Å². The number of hydrogen-bond acceptors (Lipinski definition) is 4. The van der Waals surface area contributed by atoms with E-state index in [2.05, 4.69) is 27.5 Å². The molecule has 0 aliphatic carbocycles. The summed E-state index contributed by atoms with van der Waals surface area (Å²) in [6.07, 6.45) is 1.88. The fraction of sp³-hybridized carbons (Fsp3) is 0.643. The van der Waals surface area contributed by atoms with Crippen LogP contribution in [-0.4, -0.2) is 22.4 Å². The summed E-state index contributed by atoms with van der Waals surface area (Å²) in [6, 6.07) is 1.84. The summed E-state index contributed by atoms with van der Waals surface area (Å²) in [7, 11) is 0. The van der Waals surface area contributed by atoms with Crippen LogP contribution in [0.3, 0.4) is 0 Å². The SMILES string of the molecule is CCCc1cc(NC(=O)C(C)(C)C)nc(NCC)n1. The Morgan fingerprint density at radius 1 is 1.26 bits per heavy atom. The van der Waals surface area contributed by atoms with E-state index < -0.39 is 5.41 Å². The lowest BCUT2D eigenvalue weighted by Crippen LogP contribution is -2.28. The van der Waals surface area contributed by atoms with Crippen molar-refractivity contribution >= 4 is 17.7 Å². The largest absolute Gasteiger partial charge is 0.354 e. The minimum atomic E-state index is -0.436. The fourth-order valence-corrected chi connectivity index (χ4v) is 1.49. The zero-order valence-electron chi connectivity index (χ0n) is 12.5. The number of nitrogens with zero attached hydrogens (tertiary/aromatic N) is 2. The van der Waals surface area contributed by atoms with Crippen molar-refractivity contribution in [1.82, 2.24) is 9.97 Å². The van der Waals surface area contributed by atoms with E-state index in [4.69, 9.17) is 0 Å². The molecule has 5 heteroatoms. The standard InChI is InChI=1S/C14H24N4O/c1-6-8-10-9-11(17-12(19)14(3,4)5)18-13(16-10)15-7-2/h9H,6-8H2,1-5H3,(H2,15,16,17,18,19). The molecule has 1 amide bonds. The van der Waals surface area contributed by atoms with E-state index in [1.54, 1.807) is 0 Å². The molecule has 0 fully saturated rings. The molecule has 0 aliphatic heterocycles. The van der Waals surface area contributed by atoms with Gasteiger partial charge in [0.15, 0.2) is 0 Å². The third-order valence-electron chi connectivity index (χ3n) is 2.54. The predicted molar refractivity (Wildman–Crippen MR) is 78.3 cm³/mol. The van der Waals surface area contributed by atoms with Gasteiger partial charge in [0, 0.05) is 23.7 Å². The lowest BCUT2D eigenvalue weighted by atomic mass is 9.96. The number of nitrogens with one attached hydrogen (secondary N) is 2. The van der Waals surface area contributed by atoms with E-state index in [9.17, 15) is 4.79 Å². The average Bonchev–Trinajstić information content (AvgIpc) is 2.28. The molecule has 0 aliphatic rings. The van der Waals surface area contributed by atoms with Gasteiger partial charge in [-0.2, -0.15) is 4.98 Å². The minimum Gasteiger partial charge on any atom is -0.354 e. The van der Waals surface area contributed by atoms with Gasteiger partial charge in [-0.05, 0) is 13.3 Å². The summed E-state index contributed by atoms with van der Waals surface area (Å²) in [5, 5.41) is 5.93. The summed E-state index contributed by atoms with van der Waals surface area (Å²) in [5.74, 6) is 1.09. The van der Waals surface area contributed by atoms with Crippen molar-refractivity contribution in [3.63, 3.8) is 0 Å². The normalized spacial score (nSPS) is 11.2. The molecule has 1 rings (SSSR count). The van der Waals surface area contributed by atoms with Crippen LogP contribution in [0.5, 0.6) is 0 Å². The lowest BCUT2D eigenvalue weighted by Gasteiger charge is -2.17. The number of carbonyl (C=O) groups is 1. The highest BCUT2D eigenvalue weighted by Gasteiger charge is 2.22. The molecule has 1 heterocycles. The second-order valence-corrected chi connectivity index (χ2v) is 5.55. The van der Waals surface area contributed by atoms with Gasteiger partial charge in [0.05, 0.1) is 0 Å². The number of rotatable bonds is 5. The highest BCUT2D eigenvalue weighted by atomic mass is 16.2. The maximum atomic E-state index is 12.0. The smallest absolute Gasteiger partial charge is 0.230 e. The Hall–Kier alpha value is -1.65. The number of aromatic nitrogens is 2. The van der Waals surface area contributed by atoms with Gasteiger partial charge in [0.2, 0.25) is 11.9 Å². The number of aryl methyl sites for hydroxylation is 1. The first kappa shape index (κ1) is 15.4. The molecular formula is C14H24N4O. The molecule has 0 spiro atoms. The maximum absolute atomic E-state index is 12.0. The zero-order chi connectivity index (χ0) is 14.5. The van der Waals surface area contributed by atoms with Crippen molar-refractivity contribution in [2.45, 2.75) is 47.5 Å². The Morgan fingerprint density at radius 2 is 1.95 bits per heavy atom. The first-order chi connectivity index (χ1) is 8.86. The molecule has 0 atom stereocenters. The van der Waals surface area contributed by atoms with Crippen LogP contribution >= 0.6 is 0 Å². The van der Waals surface area contributed by atoms with Crippen LogP contribution in [0.4, 0.5) is 11.8 Å². The van der Waals surface area contributed by atoms with Crippen LogP contribution in [0.2, 0.25) is 0 Å². The molecule has 106 valence electrons. The van der Waals surface area contributed by atoms with Gasteiger partial charge in [0.1, 0.15) is 5.82 Å². The molecule has 19 heavy (non-hydrogen) atoms. The molecular weight excluding hydrogens is 240 g/mol. The number of carbonyl (C=O) groups excluding carboxylic acids is 1. The minimum absolute atomic E-state index is 0.0453. The third-order valence-corrected chi connectivity index (χ3v) is 2.54. The van der Waals surface area contributed by atoms with Crippen LogP contribution in [0.25, 0.3) is 0 Å². The van der Waals surface area contributed by atoms with E-state index in [1.807, 2.05) is 33.8 Å². The van der Waals surface area contributed by atoms with Crippen LogP contribution < -0.4 is 10.6 Å². The average molecular weight is 264 g/mol. The van der Waals surface area contributed by atoms with Crippen molar-refractivity contribution in [2.75, 3.05) is 17.2 Å². The molecule has 0 aromatic carbocycles. The summed E-state index contributed by atoms with van der Waals surface area (Å²) >= 11 is 0. The first-order valence-electron chi connectivity index (χ1n) is 6.80. The highest BCUT2D eigenvalue weighted by Crippen LogP contribution is 2.18. The van der Waals surface area contributed by atoms with Crippen molar-refractivity contribution in [3.05, 3.63) is 11.8 Å². The summed E-state index contributed by atoms with van der Waals surface area (Å²) in [6.45, 7) is 10.5. The monoisotopic (exact) mass is 264 g/mol. The number of anilines is 2. The maximum Gasteiger partial charge on any atom is 0.230 e. The molecule has 0 saturated heterocycles. The van der Waals surface area contributed by atoms with Crippen LogP contribution in [0, 0.1) is 5.41 Å². The van der Waals surface area contributed by atoms with Crippen LogP contribution in [0.1, 0.15) is 46.7 Å². The van der Waals surface area contributed by atoms with Crippen molar-refractivity contribution < 1.29 is 4.79 Å². The molecule has 5 nitrogen and oxygen atoms in total. The topological polar surface area (TPSA) is 66.9 Å². The van der Waals surface area contributed by atoms with Crippen LogP contribution in [-0.2, 0) is 11.2 Å². The highest BCUT2D eigenvalue weighted by molar-refractivity contribution is 5.93. The van der Waals surface area contributed by atoms with Crippen molar-refractivity contribution in [3.8, 4) is 0 Å². The van der Waals surface area contributed by atoms with Gasteiger partial charge >= 0.3 is 0 Å². The van der Waals surface area contributed by atoms with Gasteiger partial charge in [0.25, 0.3) is 0 Å². The van der Waals surface area contributed by atoms with Gasteiger partial charge in [-0.1, -0.05) is 34.1 Å². The van der Waals surface area contributed by atoms with Gasteiger partial charge in [-0.3, -0.25) is 4.79 Å². The molecule has 0 unspecified atom stereocenters. The Kier molecular flexibility index (Phi) is 5.27. The molecule has 1 aromatic heterocycles. The fourth-order valence-electron chi connectivity index (χ4n) is 1.49. The molecule has 0 bridgehead atoms. The van der Waals surface area contributed by atoms with E-state index >= 15 is 0 Å². The Labute approximate surface area is 115 Å². The number of amides is 1. The van der Waals surface area contributed by atoms with Gasteiger partial charge in [-0.25, -0.2) is 4.98 Å². The lowest BCUT2D eigenvalue weighted by molar-refractivity contribution is -0.123. The van der Waals surface area contributed by atoms with E-state index in [1.165, 1.54) is 0 Å². The molecule has 2 N–H and O–H groups in total. The second-order valence-electron chi connectivity index (χ2n) is 5.55. The predicted octanol–water partition coefficient (Wildman–Crippen LogP) is 2.85. The van der Waals surface area contributed by atoms with Crippen molar-refractivity contribution in [1.29, 1.82) is 0 Å². The van der Waals surface area contributed by atoms with E-state index in [0.29, 0.717) is 11.8 Å². The van der Waals surface area contributed by atoms with E-state index in [0.717, 1.165) is 25.1 Å². The molecule has 0 saturated carbocycles. The van der Waals surface area contributed by atoms with Crippen molar-refractivity contribution in [2.24, 2.45) is 5.41 Å². The Balaban J connectivity index is 2.95. The first-order valence-corrected chi connectivity index (χ1v) is 6.80. The zero-order valence-corrected chi connectivity index (χ0v) is 12.5.